The van der Waals surface area contributed by atoms with Crippen LogP contribution in [0.15, 0.2) is 84.4 Å². The average Bonchev–Trinajstić information content (AvgIpc) is 2.91. The van der Waals surface area contributed by atoms with Gasteiger partial charge < -0.3 is 20.7 Å². The minimum Gasteiger partial charge on any atom is -0.463 e. The summed E-state index contributed by atoms with van der Waals surface area (Å²) in [7, 11) is 0. The summed E-state index contributed by atoms with van der Waals surface area (Å²) in [4.78, 5) is 41.0. The van der Waals surface area contributed by atoms with Gasteiger partial charge in [0.2, 0.25) is 0 Å². The van der Waals surface area contributed by atoms with Crippen molar-refractivity contribution in [3.05, 3.63) is 101 Å². The zero-order valence-electron chi connectivity index (χ0n) is 21.8. The second-order valence-electron chi connectivity index (χ2n) is 8.90. The molecule has 1 aliphatic rings. The van der Waals surface area contributed by atoms with Gasteiger partial charge in [-0.1, -0.05) is 67.6 Å². The van der Waals surface area contributed by atoms with Crippen LogP contribution in [0.25, 0.3) is 5.70 Å². The van der Waals surface area contributed by atoms with E-state index in [9.17, 15) is 14.4 Å². The summed E-state index contributed by atoms with van der Waals surface area (Å²) in [5, 5.41) is 8.68. The van der Waals surface area contributed by atoms with Gasteiger partial charge >= 0.3 is 18.0 Å². The molecule has 38 heavy (non-hydrogen) atoms. The monoisotopic (exact) mass is 512 g/mol. The van der Waals surface area contributed by atoms with Crippen LogP contribution in [0.3, 0.4) is 0 Å². The van der Waals surface area contributed by atoms with E-state index in [-0.39, 0.29) is 12.6 Å². The van der Waals surface area contributed by atoms with Crippen molar-refractivity contribution in [3.8, 4) is 0 Å². The molecule has 196 valence electrons. The molecule has 4 amide bonds. The fourth-order valence-corrected chi connectivity index (χ4v) is 4.47. The summed E-state index contributed by atoms with van der Waals surface area (Å²) >= 11 is 0. The minimum atomic E-state index is -0.772. The predicted octanol–water partition coefficient (Wildman–Crippen LogP) is 6.09. The molecule has 0 spiro atoms. The van der Waals surface area contributed by atoms with Gasteiger partial charge in [0, 0.05) is 17.9 Å². The number of anilines is 2. The molecule has 0 radical (unpaired) electrons. The molecule has 0 saturated heterocycles. The maximum atomic E-state index is 13.4. The van der Waals surface area contributed by atoms with Crippen molar-refractivity contribution in [2.24, 2.45) is 0 Å². The molecule has 3 aromatic rings. The van der Waals surface area contributed by atoms with E-state index in [4.69, 9.17) is 4.74 Å². The molecule has 8 heteroatoms. The van der Waals surface area contributed by atoms with Crippen molar-refractivity contribution in [2.45, 2.75) is 33.2 Å². The summed E-state index contributed by atoms with van der Waals surface area (Å²) in [6, 6.07) is 22.5. The molecule has 0 aromatic heterocycles. The lowest BCUT2D eigenvalue weighted by atomic mass is 9.91. The third kappa shape index (κ3) is 5.86. The molecule has 4 rings (SSSR count). The molecule has 3 aromatic carbocycles. The number of hydrogen-bond acceptors (Lipinski definition) is 4. The Bertz CT molecular complexity index is 1350. The molecule has 1 unspecified atom stereocenters. The van der Waals surface area contributed by atoms with Crippen LogP contribution in [-0.4, -0.2) is 36.1 Å². The molecule has 0 bridgehead atoms. The van der Waals surface area contributed by atoms with E-state index in [1.54, 1.807) is 30.0 Å². The van der Waals surface area contributed by atoms with Crippen molar-refractivity contribution in [3.63, 3.8) is 0 Å². The number of benzene rings is 3. The first-order valence-electron chi connectivity index (χ1n) is 12.7. The number of para-hydroxylation sites is 1. The van der Waals surface area contributed by atoms with Gasteiger partial charge in [-0.25, -0.2) is 14.4 Å². The molecule has 0 saturated carbocycles. The van der Waals surface area contributed by atoms with Crippen LogP contribution in [-0.2, 0) is 9.53 Å². The third-order valence-electron chi connectivity index (χ3n) is 6.19. The third-order valence-corrected chi connectivity index (χ3v) is 6.19. The molecular formula is C30H32N4O4. The quantitative estimate of drug-likeness (QED) is 0.318. The van der Waals surface area contributed by atoms with Crippen LogP contribution in [0.4, 0.5) is 21.0 Å². The SMILES string of the molecule is CCCN1C(=O)NC(c2cccc(NC(=O)Nc3ccccc3C)c2)C(C(=O)OCC)=C1c1ccccc1. The van der Waals surface area contributed by atoms with Crippen LogP contribution in [0.5, 0.6) is 0 Å². The predicted molar refractivity (Wildman–Crippen MR) is 149 cm³/mol. The maximum Gasteiger partial charge on any atom is 0.338 e. The Morgan fingerprint density at radius 1 is 0.947 bits per heavy atom. The number of nitrogens with one attached hydrogen (secondary N) is 3. The fraction of sp³-hybridized carbons (Fsp3) is 0.233. The highest BCUT2D eigenvalue weighted by Gasteiger charge is 2.38. The second kappa shape index (κ2) is 12.1. The smallest absolute Gasteiger partial charge is 0.338 e. The largest absolute Gasteiger partial charge is 0.463 e. The van der Waals surface area contributed by atoms with E-state index < -0.39 is 18.0 Å². The summed E-state index contributed by atoms with van der Waals surface area (Å²) < 4.78 is 5.46. The summed E-state index contributed by atoms with van der Waals surface area (Å²) in [6.45, 7) is 6.27. The van der Waals surface area contributed by atoms with Gasteiger partial charge in [0.05, 0.1) is 23.9 Å². The number of carbonyl (C=O) groups excluding carboxylic acids is 3. The van der Waals surface area contributed by atoms with Crippen LogP contribution in [0.2, 0.25) is 0 Å². The molecule has 1 heterocycles. The Kier molecular flexibility index (Phi) is 8.43. The topological polar surface area (TPSA) is 99.8 Å². The van der Waals surface area contributed by atoms with Crippen molar-refractivity contribution in [1.29, 1.82) is 0 Å². The molecule has 0 fully saturated rings. The first-order chi connectivity index (χ1) is 18.4. The van der Waals surface area contributed by atoms with E-state index in [2.05, 4.69) is 16.0 Å². The van der Waals surface area contributed by atoms with Crippen molar-refractivity contribution < 1.29 is 19.1 Å². The van der Waals surface area contributed by atoms with Crippen molar-refractivity contribution >= 4 is 35.1 Å². The number of aryl methyl sites for hydroxylation is 1. The fourth-order valence-electron chi connectivity index (χ4n) is 4.47. The van der Waals surface area contributed by atoms with Crippen LogP contribution in [0, 0.1) is 6.92 Å². The number of nitrogens with zero attached hydrogens (tertiary/aromatic N) is 1. The lowest BCUT2D eigenvalue weighted by Gasteiger charge is -2.37. The summed E-state index contributed by atoms with van der Waals surface area (Å²) in [5.74, 6) is -0.506. The first-order valence-corrected chi connectivity index (χ1v) is 12.7. The van der Waals surface area contributed by atoms with Gasteiger partial charge in [0.15, 0.2) is 0 Å². The van der Waals surface area contributed by atoms with Crippen molar-refractivity contribution in [2.75, 3.05) is 23.8 Å². The number of carbonyl (C=O) groups is 3. The highest BCUT2D eigenvalue weighted by atomic mass is 16.5. The average molecular weight is 513 g/mol. The summed E-state index contributed by atoms with van der Waals surface area (Å²) in [6.07, 6.45) is 0.708. The number of esters is 1. The Morgan fingerprint density at radius 3 is 2.39 bits per heavy atom. The molecule has 1 aliphatic heterocycles. The number of urea groups is 2. The van der Waals surface area contributed by atoms with E-state index >= 15 is 0 Å². The van der Waals surface area contributed by atoms with E-state index in [1.807, 2.05) is 74.5 Å². The lowest BCUT2D eigenvalue weighted by molar-refractivity contribution is -0.138. The Morgan fingerprint density at radius 2 is 1.68 bits per heavy atom. The molecule has 1 atom stereocenters. The maximum absolute atomic E-state index is 13.4. The van der Waals surface area contributed by atoms with Crippen LogP contribution < -0.4 is 16.0 Å². The Balaban J connectivity index is 1.73. The number of hydrogen-bond donors (Lipinski definition) is 3. The lowest BCUT2D eigenvalue weighted by Crippen LogP contribution is -2.48. The molecule has 8 nitrogen and oxygen atoms in total. The van der Waals surface area contributed by atoms with Gasteiger partial charge in [0.1, 0.15) is 0 Å². The number of amides is 4. The zero-order valence-corrected chi connectivity index (χ0v) is 21.8. The van der Waals surface area contributed by atoms with Gasteiger partial charge in [-0.2, -0.15) is 0 Å². The number of ether oxygens (including phenoxy) is 1. The highest BCUT2D eigenvalue weighted by Crippen LogP contribution is 2.37. The van der Waals surface area contributed by atoms with Crippen LogP contribution >= 0.6 is 0 Å². The normalized spacial score (nSPS) is 15.1. The number of rotatable bonds is 8. The van der Waals surface area contributed by atoms with E-state index in [1.165, 1.54) is 0 Å². The first kappa shape index (κ1) is 26.5. The van der Waals surface area contributed by atoms with Crippen molar-refractivity contribution in [1.82, 2.24) is 10.2 Å². The van der Waals surface area contributed by atoms with Gasteiger partial charge in [-0.3, -0.25) is 4.90 Å². The Labute approximate surface area is 222 Å². The molecular weight excluding hydrogens is 480 g/mol. The molecule has 3 N–H and O–H groups in total. The van der Waals surface area contributed by atoms with Gasteiger partial charge in [0.25, 0.3) is 0 Å². The van der Waals surface area contributed by atoms with Gasteiger partial charge in [-0.05, 0) is 55.2 Å². The standard InChI is InChI=1S/C30H32N4O4/c1-4-18-34-27(21-13-7-6-8-14-21)25(28(35)38-5-2)26(33-30(34)37)22-15-11-16-23(19-22)31-29(36)32-24-17-10-9-12-20(24)3/h6-17,19,26H,4-5,18H2,1-3H3,(H,33,37)(H2,31,32,36). The Hall–Kier alpha value is -4.59. The van der Waals surface area contributed by atoms with E-state index in [0.717, 1.165) is 11.1 Å². The summed E-state index contributed by atoms with van der Waals surface area (Å²) in [5.41, 5.74) is 4.41. The minimum absolute atomic E-state index is 0.194. The van der Waals surface area contributed by atoms with Crippen LogP contribution in [0.1, 0.15) is 43.0 Å². The van der Waals surface area contributed by atoms with Gasteiger partial charge in [-0.15, -0.1) is 0 Å². The second-order valence-corrected chi connectivity index (χ2v) is 8.90. The highest BCUT2D eigenvalue weighted by molar-refractivity contribution is 6.05. The molecule has 0 aliphatic carbocycles. The zero-order chi connectivity index (χ0) is 27.1. The van der Waals surface area contributed by atoms with E-state index in [0.29, 0.717) is 41.2 Å².